The maximum atomic E-state index is 12.1. The molecule has 1 aromatic heterocycles. The number of hydrogen-bond acceptors (Lipinski definition) is 5. The quantitative estimate of drug-likeness (QED) is 0.627. The lowest BCUT2D eigenvalue weighted by molar-refractivity contribution is -0.151. The van der Waals surface area contributed by atoms with Crippen molar-refractivity contribution in [3.63, 3.8) is 0 Å². The monoisotopic (exact) mass is 305 g/mol. The SMILES string of the molecule is CCC(C)OC(=O)C(C)n1c(=O)oc2cc(C(C)=O)ccc21. The van der Waals surface area contributed by atoms with Gasteiger partial charge in [0.15, 0.2) is 11.4 Å². The lowest BCUT2D eigenvalue weighted by Gasteiger charge is -2.16. The van der Waals surface area contributed by atoms with E-state index in [9.17, 15) is 14.4 Å². The Bertz CT molecular complexity index is 770. The van der Waals surface area contributed by atoms with Gasteiger partial charge in [0.25, 0.3) is 0 Å². The summed E-state index contributed by atoms with van der Waals surface area (Å²) < 4.78 is 11.6. The molecule has 0 bridgehead atoms. The molecule has 1 aromatic carbocycles. The summed E-state index contributed by atoms with van der Waals surface area (Å²) in [5.74, 6) is -1.26. The molecule has 2 aromatic rings. The van der Waals surface area contributed by atoms with Gasteiger partial charge in [-0.2, -0.15) is 0 Å². The van der Waals surface area contributed by atoms with Gasteiger partial charge in [-0.3, -0.25) is 9.36 Å². The van der Waals surface area contributed by atoms with Crippen LogP contribution >= 0.6 is 0 Å². The normalized spacial score (nSPS) is 13.8. The van der Waals surface area contributed by atoms with Gasteiger partial charge in [0.1, 0.15) is 6.04 Å². The number of benzene rings is 1. The second kappa shape index (κ2) is 6.17. The van der Waals surface area contributed by atoms with Gasteiger partial charge in [-0.1, -0.05) is 6.92 Å². The van der Waals surface area contributed by atoms with Crippen LogP contribution in [0.5, 0.6) is 0 Å². The molecule has 0 amide bonds. The first-order chi connectivity index (χ1) is 10.3. The number of aromatic nitrogens is 1. The van der Waals surface area contributed by atoms with Crippen LogP contribution in [0.25, 0.3) is 11.1 Å². The van der Waals surface area contributed by atoms with Crippen LogP contribution in [0, 0.1) is 0 Å². The van der Waals surface area contributed by atoms with Gasteiger partial charge in [-0.15, -0.1) is 0 Å². The molecule has 2 rings (SSSR count). The van der Waals surface area contributed by atoms with Crippen molar-refractivity contribution in [2.75, 3.05) is 0 Å². The minimum atomic E-state index is -0.800. The van der Waals surface area contributed by atoms with Crippen LogP contribution in [0.1, 0.15) is 50.5 Å². The predicted octanol–water partition coefficient (Wildman–Crippen LogP) is 2.70. The first kappa shape index (κ1) is 16.0. The number of ketones is 1. The van der Waals surface area contributed by atoms with E-state index in [4.69, 9.17) is 9.15 Å². The van der Waals surface area contributed by atoms with Gasteiger partial charge in [0.05, 0.1) is 11.6 Å². The molecule has 0 spiro atoms. The van der Waals surface area contributed by atoms with E-state index in [1.54, 1.807) is 26.0 Å². The van der Waals surface area contributed by atoms with Crippen molar-refractivity contribution < 1.29 is 18.7 Å². The van der Waals surface area contributed by atoms with Gasteiger partial charge in [0.2, 0.25) is 0 Å². The molecule has 0 aliphatic rings. The summed E-state index contributed by atoms with van der Waals surface area (Å²) in [4.78, 5) is 35.5. The maximum Gasteiger partial charge on any atom is 0.420 e. The number of oxazole rings is 1. The zero-order valence-corrected chi connectivity index (χ0v) is 13.1. The molecule has 0 aliphatic heterocycles. The summed E-state index contributed by atoms with van der Waals surface area (Å²) in [5, 5.41) is 0. The Kier molecular flexibility index (Phi) is 4.49. The summed E-state index contributed by atoms with van der Waals surface area (Å²) in [7, 11) is 0. The highest BCUT2D eigenvalue weighted by atomic mass is 16.5. The number of ether oxygens (including phenoxy) is 1. The molecule has 22 heavy (non-hydrogen) atoms. The van der Waals surface area contributed by atoms with E-state index >= 15 is 0 Å². The first-order valence-electron chi connectivity index (χ1n) is 7.21. The average molecular weight is 305 g/mol. The molecule has 2 unspecified atom stereocenters. The number of nitrogens with zero attached hydrogens (tertiary/aromatic N) is 1. The Morgan fingerprint density at radius 3 is 2.59 bits per heavy atom. The topological polar surface area (TPSA) is 78.5 Å². The van der Waals surface area contributed by atoms with Crippen LogP contribution < -0.4 is 5.76 Å². The molecule has 118 valence electrons. The van der Waals surface area contributed by atoms with Gasteiger partial charge in [-0.05, 0) is 45.4 Å². The smallest absolute Gasteiger partial charge is 0.420 e. The minimum absolute atomic E-state index is 0.124. The standard InChI is InChI=1S/C16H19NO5/c1-5-9(2)21-15(19)10(3)17-13-7-6-12(11(4)18)8-14(13)22-16(17)20/h6-10H,5H2,1-4H3. The number of hydrogen-bond donors (Lipinski definition) is 0. The van der Waals surface area contributed by atoms with Crippen LogP contribution in [-0.2, 0) is 9.53 Å². The van der Waals surface area contributed by atoms with Gasteiger partial charge < -0.3 is 9.15 Å². The number of fused-ring (bicyclic) bond motifs is 1. The fraction of sp³-hybridized carbons (Fsp3) is 0.438. The Hall–Kier alpha value is -2.37. The molecule has 0 saturated carbocycles. The van der Waals surface area contributed by atoms with Crippen molar-refractivity contribution in [3.05, 3.63) is 34.3 Å². The molecule has 1 heterocycles. The van der Waals surface area contributed by atoms with Crippen molar-refractivity contribution in [1.29, 1.82) is 0 Å². The molecule has 6 heteroatoms. The van der Waals surface area contributed by atoms with Crippen molar-refractivity contribution in [2.45, 2.75) is 46.3 Å². The van der Waals surface area contributed by atoms with Crippen molar-refractivity contribution in [3.8, 4) is 0 Å². The Morgan fingerprint density at radius 2 is 2.00 bits per heavy atom. The van der Waals surface area contributed by atoms with Gasteiger partial charge in [0, 0.05) is 5.56 Å². The van der Waals surface area contributed by atoms with E-state index < -0.39 is 17.8 Å². The predicted molar refractivity (Wildman–Crippen MR) is 81.0 cm³/mol. The fourth-order valence-corrected chi connectivity index (χ4v) is 2.11. The molecule has 6 nitrogen and oxygen atoms in total. The third-order valence-corrected chi connectivity index (χ3v) is 3.64. The van der Waals surface area contributed by atoms with E-state index in [0.717, 1.165) is 0 Å². The van der Waals surface area contributed by atoms with E-state index in [0.29, 0.717) is 17.5 Å². The lowest BCUT2D eigenvalue weighted by atomic mass is 10.1. The van der Waals surface area contributed by atoms with Crippen LogP contribution in [0.4, 0.5) is 0 Å². The summed E-state index contributed by atoms with van der Waals surface area (Å²) in [6.07, 6.45) is 0.481. The van der Waals surface area contributed by atoms with Crippen LogP contribution in [0.15, 0.2) is 27.4 Å². The molecule has 0 radical (unpaired) electrons. The van der Waals surface area contributed by atoms with E-state index in [2.05, 4.69) is 0 Å². The summed E-state index contributed by atoms with van der Waals surface area (Å²) in [6, 6.07) is 3.90. The summed E-state index contributed by atoms with van der Waals surface area (Å²) in [6.45, 7) is 6.72. The average Bonchev–Trinajstić information content (AvgIpc) is 2.80. The molecule has 0 fully saturated rings. The zero-order chi connectivity index (χ0) is 16.4. The minimum Gasteiger partial charge on any atom is -0.461 e. The number of carbonyl (C=O) groups excluding carboxylic acids is 2. The third-order valence-electron chi connectivity index (χ3n) is 3.64. The van der Waals surface area contributed by atoms with Crippen LogP contribution in [-0.4, -0.2) is 22.4 Å². The fourth-order valence-electron chi connectivity index (χ4n) is 2.11. The number of carbonyl (C=O) groups is 2. The van der Waals surface area contributed by atoms with Crippen molar-refractivity contribution in [1.82, 2.24) is 4.57 Å². The first-order valence-corrected chi connectivity index (χ1v) is 7.21. The largest absolute Gasteiger partial charge is 0.461 e. The second-order valence-corrected chi connectivity index (χ2v) is 5.31. The van der Waals surface area contributed by atoms with Crippen molar-refractivity contribution >= 4 is 22.9 Å². The molecule has 2 atom stereocenters. The van der Waals surface area contributed by atoms with E-state index in [1.165, 1.54) is 17.6 Å². The summed E-state index contributed by atoms with van der Waals surface area (Å²) >= 11 is 0. The maximum absolute atomic E-state index is 12.1. The number of esters is 1. The number of rotatable bonds is 5. The molecule has 0 aliphatic carbocycles. The Balaban J connectivity index is 2.43. The molecule has 0 saturated heterocycles. The third kappa shape index (κ3) is 2.95. The van der Waals surface area contributed by atoms with Gasteiger partial charge >= 0.3 is 11.7 Å². The van der Waals surface area contributed by atoms with Gasteiger partial charge in [-0.25, -0.2) is 9.59 Å². The highest BCUT2D eigenvalue weighted by Gasteiger charge is 2.24. The second-order valence-electron chi connectivity index (χ2n) is 5.31. The van der Waals surface area contributed by atoms with Crippen LogP contribution in [0.3, 0.4) is 0 Å². The Labute approximate surface area is 127 Å². The highest BCUT2D eigenvalue weighted by Crippen LogP contribution is 2.20. The lowest BCUT2D eigenvalue weighted by Crippen LogP contribution is -2.28. The highest BCUT2D eigenvalue weighted by molar-refractivity contribution is 5.97. The van der Waals surface area contributed by atoms with E-state index in [1.807, 2.05) is 6.92 Å². The number of Topliss-reactive ketones (excluding diaryl/α,β-unsaturated/α-hetero) is 1. The molecular formula is C16H19NO5. The summed E-state index contributed by atoms with van der Waals surface area (Å²) in [5.41, 5.74) is 1.19. The Morgan fingerprint density at radius 1 is 1.32 bits per heavy atom. The molecular weight excluding hydrogens is 286 g/mol. The van der Waals surface area contributed by atoms with Crippen LogP contribution in [0.2, 0.25) is 0 Å². The molecule has 0 N–H and O–H groups in total. The van der Waals surface area contributed by atoms with Crippen molar-refractivity contribution in [2.24, 2.45) is 0 Å². The zero-order valence-electron chi connectivity index (χ0n) is 13.1. The van der Waals surface area contributed by atoms with E-state index in [-0.39, 0.29) is 17.5 Å².